The summed E-state index contributed by atoms with van der Waals surface area (Å²) in [7, 11) is 0. The molecule has 1 aliphatic heterocycles. The van der Waals surface area contributed by atoms with E-state index >= 15 is 0 Å². The van der Waals surface area contributed by atoms with Gasteiger partial charge in [0.2, 0.25) is 11.8 Å². The van der Waals surface area contributed by atoms with Gasteiger partial charge >= 0.3 is 0 Å². The van der Waals surface area contributed by atoms with Crippen LogP contribution < -0.4 is 10.6 Å². The number of allylic oxidation sites excluding steroid dienone is 1. The molecule has 0 saturated heterocycles. The molecule has 1 atom stereocenters. The molecule has 148 valence electrons. The van der Waals surface area contributed by atoms with Crippen LogP contribution in [-0.2, 0) is 9.59 Å². The second kappa shape index (κ2) is 8.93. The monoisotopic (exact) mass is 409 g/mol. The fourth-order valence-corrected chi connectivity index (χ4v) is 3.94. The second-order valence-electron chi connectivity index (χ2n) is 6.85. The van der Waals surface area contributed by atoms with Crippen molar-refractivity contribution in [2.75, 3.05) is 11.1 Å². The number of thioether (sulfide) groups is 1. The lowest BCUT2D eigenvalue weighted by Gasteiger charge is -2.25. The van der Waals surface area contributed by atoms with Crippen LogP contribution in [0.25, 0.3) is 0 Å². The van der Waals surface area contributed by atoms with Gasteiger partial charge in [0.25, 0.3) is 0 Å². The Hall–Kier alpha value is -3.11. The molecule has 0 radical (unpaired) electrons. The number of rotatable bonds is 5. The summed E-state index contributed by atoms with van der Waals surface area (Å²) in [6.45, 7) is 3.97. The Balaban J connectivity index is 1.74. The first-order valence-corrected chi connectivity index (χ1v) is 10.1. The summed E-state index contributed by atoms with van der Waals surface area (Å²) in [4.78, 5) is 24.5. The minimum absolute atomic E-state index is 0.0455. The van der Waals surface area contributed by atoms with E-state index in [0.717, 1.165) is 22.9 Å². The fraction of sp³-hybridized carbons (Fsp3) is 0.227. The highest BCUT2D eigenvalue weighted by Gasteiger charge is 2.29. The zero-order valence-corrected chi connectivity index (χ0v) is 16.9. The number of halogens is 1. The van der Waals surface area contributed by atoms with Crippen molar-refractivity contribution >= 4 is 29.3 Å². The average Bonchev–Trinajstić information content (AvgIpc) is 2.69. The number of amides is 2. The number of benzene rings is 2. The summed E-state index contributed by atoms with van der Waals surface area (Å²) in [5.74, 6) is -1.27. The number of nitriles is 1. The molecule has 5 nitrogen and oxygen atoms in total. The Morgan fingerprint density at radius 3 is 2.62 bits per heavy atom. The SMILES string of the molecule is Cc1ccc(NC(=O)CSC2=C(C#N)[C@@H](c3ccc(F)cc3)CC(=O)N2)cc1C. The Morgan fingerprint density at radius 2 is 1.97 bits per heavy atom. The van der Waals surface area contributed by atoms with Crippen molar-refractivity contribution in [3.63, 3.8) is 0 Å². The third-order valence-electron chi connectivity index (χ3n) is 4.77. The molecule has 29 heavy (non-hydrogen) atoms. The Morgan fingerprint density at radius 1 is 1.24 bits per heavy atom. The smallest absolute Gasteiger partial charge is 0.234 e. The quantitative estimate of drug-likeness (QED) is 0.777. The molecule has 7 heteroatoms. The van der Waals surface area contributed by atoms with Gasteiger partial charge in [-0.05, 0) is 54.8 Å². The highest BCUT2D eigenvalue weighted by Crippen LogP contribution is 2.36. The molecule has 0 fully saturated rings. The van der Waals surface area contributed by atoms with Crippen LogP contribution in [-0.4, -0.2) is 17.6 Å². The van der Waals surface area contributed by atoms with Crippen molar-refractivity contribution in [1.82, 2.24) is 5.32 Å². The number of anilines is 1. The average molecular weight is 409 g/mol. The van der Waals surface area contributed by atoms with E-state index in [-0.39, 0.29) is 29.8 Å². The van der Waals surface area contributed by atoms with Crippen molar-refractivity contribution in [1.29, 1.82) is 5.26 Å². The highest BCUT2D eigenvalue weighted by atomic mass is 32.2. The third kappa shape index (κ3) is 5.04. The van der Waals surface area contributed by atoms with Gasteiger partial charge in [-0.1, -0.05) is 30.0 Å². The van der Waals surface area contributed by atoms with Gasteiger partial charge in [0.15, 0.2) is 0 Å². The van der Waals surface area contributed by atoms with Crippen molar-refractivity contribution in [3.8, 4) is 6.07 Å². The maximum Gasteiger partial charge on any atom is 0.234 e. The predicted molar refractivity (Wildman–Crippen MR) is 112 cm³/mol. The number of hydrogen-bond acceptors (Lipinski definition) is 4. The van der Waals surface area contributed by atoms with E-state index in [0.29, 0.717) is 21.9 Å². The first-order valence-electron chi connectivity index (χ1n) is 9.07. The van der Waals surface area contributed by atoms with Crippen LogP contribution >= 0.6 is 11.8 Å². The molecular formula is C22H20FN3O2S. The van der Waals surface area contributed by atoms with Gasteiger partial charge in [-0.3, -0.25) is 9.59 Å². The maximum absolute atomic E-state index is 13.2. The number of hydrogen-bond donors (Lipinski definition) is 2. The van der Waals surface area contributed by atoms with E-state index in [1.807, 2.05) is 32.0 Å². The first kappa shape index (κ1) is 20.6. The summed E-state index contributed by atoms with van der Waals surface area (Å²) < 4.78 is 13.2. The molecule has 1 heterocycles. The zero-order chi connectivity index (χ0) is 21.0. The molecule has 0 saturated carbocycles. The van der Waals surface area contributed by atoms with Gasteiger partial charge in [-0.25, -0.2) is 4.39 Å². The molecule has 3 rings (SSSR count). The summed E-state index contributed by atoms with van der Waals surface area (Å²) in [6.07, 6.45) is 0.105. The van der Waals surface area contributed by atoms with Crippen molar-refractivity contribution in [3.05, 3.63) is 75.6 Å². The van der Waals surface area contributed by atoms with Crippen LogP contribution in [0.1, 0.15) is 29.0 Å². The van der Waals surface area contributed by atoms with E-state index in [9.17, 15) is 19.2 Å². The van der Waals surface area contributed by atoms with Crippen molar-refractivity contribution in [2.24, 2.45) is 0 Å². The number of carbonyl (C=O) groups excluding carboxylic acids is 2. The summed E-state index contributed by atoms with van der Waals surface area (Å²) in [6, 6.07) is 13.6. The van der Waals surface area contributed by atoms with Gasteiger partial charge in [0.05, 0.1) is 22.4 Å². The predicted octanol–water partition coefficient (Wildman–Crippen LogP) is 4.15. The van der Waals surface area contributed by atoms with Crippen LogP contribution in [0.5, 0.6) is 0 Å². The van der Waals surface area contributed by atoms with Crippen molar-refractivity contribution < 1.29 is 14.0 Å². The molecule has 1 aliphatic rings. The normalized spacial score (nSPS) is 16.2. The Labute approximate surface area is 173 Å². The van der Waals surface area contributed by atoms with Crippen molar-refractivity contribution in [2.45, 2.75) is 26.2 Å². The summed E-state index contributed by atoms with van der Waals surface area (Å²) in [5.41, 5.74) is 3.98. The van der Waals surface area contributed by atoms with E-state index < -0.39 is 5.92 Å². The molecule has 0 aromatic heterocycles. The van der Waals surface area contributed by atoms with Gasteiger partial charge < -0.3 is 10.6 Å². The Kier molecular flexibility index (Phi) is 6.35. The fourth-order valence-electron chi connectivity index (χ4n) is 3.07. The number of carbonyl (C=O) groups is 2. The lowest BCUT2D eigenvalue weighted by atomic mass is 9.87. The first-order chi connectivity index (χ1) is 13.9. The largest absolute Gasteiger partial charge is 0.325 e. The van der Waals surface area contributed by atoms with Gasteiger partial charge in [-0.15, -0.1) is 0 Å². The molecule has 2 N–H and O–H groups in total. The molecule has 0 bridgehead atoms. The second-order valence-corrected chi connectivity index (χ2v) is 7.83. The van der Waals surface area contributed by atoms with Gasteiger partial charge in [0.1, 0.15) is 5.82 Å². The molecular weight excluding hydrogens is 389 g/mol. The molecule has 2 aromatic carbocycles. The number of nitrogens with one attached hydrogen (secondary N) is 2. The molecule has 0 unspecified atom stereocenters. The molecule has 0 aliphatic carbocycles. The van der Waals surface area contributed by atoms with Gasteiger partial charge in [-0.2, -0.15) is 5.26 Å². The lowest BCUT2D eigenvalue weighted by Crippen LogP contribution is -2.31. The maximum atomic E-state index is 13.2. The Bertz CT molecular complexity index is 1030. The summed E-state index contributed by atoms with van der Waals surface area (Å²) in [5, 5.41) is 15.5. The van der Waals surface area contributed by atoms with E-state index in [1.54, 1.807) is 12.1 Å². The third-order valence-corrected chi connectivity index (χ3v) is 5.78. The van der Waals surface area contributed by atoms with Crippen LogP contribution in [0.4, 0.5) is 10.1 Å². The van der Waals surface area contributed by atoms with Crippen LogP contribution in [0, 0.1) is 31.0 Å². The minimum atomic E-state index is -0.459. The van der Waals surface area contributed by atoms with Crippen LogP contribution in [0.15, 0.2) is 53.1 Å². The molecule has 2 aromatic rings. The van der Waals surface area contributed by atoms with Crippen LogP contribution in [0.3, 0.4) is 0 Å². The zero-order valence-electron chi connectivity index (χ0n) is 16.1. The molecule has 2 amide bonds. The van der Waals surface area contributed by atoms with E-state index in [1.165, 1.54) is 12.1 Å². The standard InChI is InChI=1S/C22H20FN3O2S/c1-13-3-8-17(9-14(13)2)25-21(28)12-29-22-19(11-24)18(10-20(27)26-22)15-4-6-16(23)7-5-15/h3-9,18H,10,12H2,1-2H3,(H,25,28)(H,26,27)/t18-/m1/s1. The van der Waals surface area contributed by atoms with Crippen LogP contribution in [0.2, 0.25) is 0 Å². The van der Waals surface area contributed by atoms with E-state index in [4.69, 9.17) is 0 Å². The topological polar surface area (TPSA) is 82.0 Å². The molecule has 0 spiro atoms. The number of aryl methyl sites for hydroxylation is 2. The highest BCUT2D eigenvalue weighted by molar-refractivity contribution is 8.03. The summed E-state index contributed by atoms with van der Waals surface area (Å²) >= 11 is 1.11. The number of nitrogens with zero attached hydrogens (tertiary/aromatic N) is 1. The van der Waals surface area contributed by atoms with E-state index in [2.05, 4.69) is 16.7 Å². The van der Waals surface area contributed by atoms with Gasteiger partial charge in [0, 0.05) is 18.0 Å². The minimum Gasteiger partial charge on any atom is -0.325 e. The lowest BCUT2D eigenvalue weighted by molar-refractivity contribution is -0.121.